The molecule has 2 bridgehead atoms. The fourth-order valence-corrected chi connectivity index (χ4v) is 22.3. The van der Waals surface area contributed by atoms with Crippen molar-refractivity contribution in [3.8, 4) is 11.5 Å². The maximum Gasteiger partial charge on any atom is 0.322 e. The van der Waals surface area contributed by atoms with Crippen LogP contribution in [0.25, 0.3) is 10.9 Å². The lowest BCUT2D eigenvalue weighted by atomic mass is 9.47. The van der Waals surface area contributed by atoms with E-state index in [0.29, 0.717) is 54.7 Å². The first-order valence-electron chi connectivity index (χ1n) is 36.6. The van der Waals surface area contributed by atoms with E-state index in [4.69, 9.17) is 23.7 Å². The van der Waals surface area contributed by atoms with E-state index in [2.05, 4.69) is 132 Å². The number of H-pyrrole nitrogens is 1. The van der Waals surface area contributed by atoms with Crippen molar-refractivity contribution in [2.75, 3.05) is 104 Å². The van der Waals surface area contributed by atoms with Crippen LogP contribution < -0.4 is 29.9 Å². The van der Waals surface area contributed by atoms with Gasteiger partial charge in [0.15, 0.2) is 0 Å². The number of methoxy groups -OCH3 is 3. The smallest absolute Gasteiger partial charge is 0.322 e. The Morgan fingerprint density at radius 2 is 1.20 bits per heavy atom. The first kappa shape index (κ1) is 69.8. The molecule has 0 radical (unpaired) electrons. The molecule has 11 heterocycles. The van der Waals surface area contributed by atoms with E-state index in [1.807, 2.05) is 38.4 Å². The molecule has 22 heteroatoms. The van der Waals surface area contributed by atoms with Crippen LogP contribution in [0.2, 0.25) is 0 Å². The van der Waals surface area contributed by atoms with E-state index >= 15 is 4.79 Å². The molecule has 3 aromatic heterocycles. The van der Waals surface area contributed by atoms with Gasteiger partial charge in [0.25, 0.3) is 11.8 Å². The van der Waals surface area contributed by atoms with Gasteiger partial charge in [-0.15, -0.1) is 0 Å². The summed E-state index contributed by atoms with van der Waals surface area (Å²) in [5.41, 5.74) is 2.31. The van der Waals surface area contributed by atoms with Gasteiger partial charge in [-0.3, -0.25) is 48.6 Å². The van der Waals surface area contributed by atoms with Crippen LogP contribution in [0.4, 0.5) is 11.4 Å². The molecule has 3 aromatic carbocycles. The van der Waals surface area contributed by atoms with Crippen molar-refractivity contribution in [1.29, 1.82) is 0 Å². The van der Waals surface area contributed by atoms with Gasteiger partial charge in [0.1, 0.15) is 40.3 Å². The molecule has 15 atom stereocenters. The van der Waals surface area contributed by atoms with E-state index in [9.17, 15) is 29.4 Å². The number of anilines is 2. The first-order chi connectivity index (χ1) is 49.6. The highest BCUT2D eigenvalue weighted by molar-refractivity contribution is 5.96. The number of para-hydroxylation sites is 1. The summed E-state index contributed by atoms with van der Waals surface area (Å²) in [7, 11) is 8.75. The molecule has 2 spiro atoms. The van der Waals surface area contributed by atoms with E-state index in [-0.39, 0.29) is 48.9 Å². The van der Waals surface area contributed by atoms with Gasteiger partial charge in [0.2, 0.25) is 0 Å². The molecule has 8 aliphatic heterocycles. The highest BCUT2D eigenvalue weighted by Crippen LogP contribution is 2.70. The Kier molecular flexibility index (Phi) is 17.6. The number of aromatic amines is 1. The number of likely N-dealkylation sites (N-methyl/N-ethyl adjacent to an activating group) is 2. The Balaban J connectivity index is 0.000000187. The van der Waals surface area contributed by atoms with Gasteiger partial charge in [0, 0.05) is 176 Å². The minimum Gasteiger partial charge on any atom is -0.497 e. The van der Waals surface area contributed by atoms with Gasteiger partial charge in [-0.1, -0.05) is 81.0 Å². The number of hydrogen-bond donors (Lipinski definition) is 5. The van der Waals surface area contributed by atoms with Crippen molar-refractivity contribution in [3.05, 3.63) is 179 Å². The second kappa shape index (κ2) is 26.0. The molecule has 2 amide bonds. The quantitative estimate of drug-likeness (QED) is 0.0374. The number of nitrogens with zero attached hydrogens (tertiary/aromatic N) is 7. The van der Waals surface area contributed by atoms with Gasteiger partial charge < -0.3 is 59.3 Å². The molecule has 16 rings (SSSR count). The second-order valence-corrected chi connectivity index (χ2v) is 30.4. The Labute approximate surface area is 601 Å². The molecule has 4 fully saturated rings. The molecule has 103 heavy (non-hydrogen) atoms. The number of ether oxygens (including phenoxy) is 5. The monoisotopic (exact) mass is 1400 g/mol. The average Bonchev–Trinajstić information content (AvgIpc) is 1.51. The summed E-state index contributed by atoms with van der Waals surface area (Å²) >= 11 is 0. The van der Waals surface area contributed by atoms with Gasteiger partial charge >= 0.3 is 17.9 Å². The Morgan fingerprint density at radius 1 is 0.650 bits per heavy atom. The molecule has 542 valence electrons. The van der Waals surface area contributed by atoms with Crippen LogP contribution in [-0.4, -0.2) is 211 Å². The molecular formula is C81H96N10O12. The Bertz CT molecular complexity index is 4450. The van der Waals surface area contributed by atoms with Crippen molar-refractivity contribution in [2.24, 2.45) is 16.7 Å². The number of aliphatic hydroxyl groups is 2. The predicted molar refractivity (Wildman–Crippen MR) is 389 cm³/mol. The highest BCUT2D eigenvalue weighted by Gasteiger charge is 2.80. The van der Waals surface area contributed by atoms with Gasteiger partial charge in [-0.05, 0) is 123 Å². The van der Waals surface area contributed by atoms with Crippen molar-refractivity contribution in [2.45, 2.75) is 143 Å². The molecule has 6 aromatic rings. The summed E-state index contributed by atoms with van der Waals surface area (Å²) in [6.07, 6.45) is 20.2. The third-order valence-electron chi connectivity index (χ3n) is 25.8. The Morgan fingerprint density at radius 3 is 1.73 bits per heavy atom. The van der Waals surface area contributed by atoms with Crippen LogP contribution in [0.3, 0.4) is 0 Å². The standard InChI is InChI=1S/C51H60N6O7.C30H36N4O5/c1-7-32-24-33-27-50(47(60)63-6,42-36(16-22-56(28-32)29-33)35-12-9-10-13-39(35)54-42)38-25-37-40(26-41(38)62-5)55(4)45-49(37)18-23-57-21-11-17-48(8-2,44(49)57)46(64-31(3)58)51(45,61)30-53-43(59)34-14-19-52-20-15-34;1-5-28-11-6-15-34-16-12-29(25(28)34)22-8-7-21(38-4)17-23(22)33(3)26(29)30(37,27(28)39-19(2)35)18-32-24(36)20-9-13-31-14-10-20/h9-15,17,19-20,24-26,33,44-46,54,61H,7-8,16,18,21-23,27-30H2,1-6H3,(H,53,59);6-11,13-14,17,25-27,37H,5,12,15-16,18H2,1-4H3,(H,32,36)/t33-,44?,45+,46+,48+,49+,50-,51-;25?,26-,27-,28-,29-,30+/m01/s1. The fourth-order valence-electron chi connectivity index (χ4n) is 22.3. The lowest BCUT2D eigenvalue weighted by Crippen LogP contribution is -2.81. The molecular weight excluding hydrogens is 1300 g/mol. The predicted octanol–water partition coefficient (Wildman–Crippen LogP) is 7.74. The third-order valence-corrected chi connectivity index (χ3v) is 25.8. The fraction of sp³-hybridized carbons (Fsp3) is 0.494. The average molecular weight is 1400 g/mol. The van der Waals surface area contributed by atoms with E-state index in [1.54, 1.807) is 63.3 Å². The van der Waals surface area contributed by atoms with Crippen LogP contribution in [0.15, 0.2) is 140 Å². The molecule has 2 saturated carbocycles. The van der Waals surface area contributed by atoms with E-state index in [0.717, 1.165) is 109 Å². The van der Waals surface area contributed by atoms with Crippen LogP contribution >= 0.6 is 0 Å². The number of rotatable bonds is 15. The van der Waals surface area contributed by atoms with Gasteiger partial charge in [-0.25, -0.2) is 0 Å². The van der Waals surface area contributed by atoms with Crippen LogP contribution in [0.1, 0.15) is 122 Å². The van der Waals surface area contributed by atoms with Gasteiger partial charge in [-0.2, -0.15) is 0 Å². The third kappa shape index (κ3) is 10.2. The second-order valence-electron chi connectivity index (χ2n) is 30.4. The molecule has 5 N–H and O–H groups in total. The van der Waals surface area contributed by atoms with Crippen molar-refractivity contribution >= 4 is 52.0 Å². The maximum absolute atomic E-state index is 15.4. The van der Waals surface area contributed by atoms with E-state index < -0.39 is 74.5 Å². The summed E-state index contributed by atoms with van der Waals surface area (Å²) in [4.78, 5) is 92.1. The van der Waals surface area contributed by atoms with E-state index in [1.165, 1.54) is 26.5 Å². The zero-order valence-corrected chi connectivity index (χ0v) is 60.7. The minimum atomic E-state index is -1.81. The summed E-state index contributed by atoms with van der Waals surface area (Å²) in [6, 6.07) is 23.9. The van der Waals surface area contributed by atoms with Crippen LogP contribution in [0, 0.1) is 16.7 Å². The normalized spacial score (nSPS) is 33.1. The largest absolute Gasteiger partial charge is 0.497 e. The number of esters is 3. The number of aromatic nitrogens is 3. The molecule has 22 nitrogen and oxygen atoms in total. The number of benzene rings is 3. The number of amides is 2. The lowest BCUT2D eigenvalue weighted by molar-refractivity contribution is -0.216. The summed E-state index contributed by atoms with van der Waals surface area (Å²) in [6.45, 7) is 14.5. The number of nitrogens with one attached hydrogen (secondary N) is 3. The van der Waals surface area contributed by atoms with Crippen molar-refractivity contribution in [3.63, 3.8) is 0 Å². The molecule has 2 saturated heterocycles. The van der Waals surface area contributed by atoms with Crippen LogP contribution in [0.5, 0.6) is 11.5 Å². The summed E-state index contributed by atoms with van der Waals surface area (Å²) in [5, 5.41) is 34.1. The minimum absolute atomic E-state index is 0.00243. The van der Waals surface area contributed by atoms with Crippen LogP contribution in [-0.2, 0) is 51.3 Å². The van der Waals surface area contributed by atoms with Gasteiger partial charge in [0.05, 0.1) is 46.5 Å². The number of pyridine rings is 2. The zero-order chi connectivity index (χ0) is 72.3. The van der Waals surface area contributed by atoms with Crippen molar-refractivity contribution < 1.29 is 57.9 Å². The molecule has 10 aliphatic rings. The first-order valence-corrected chi connectivity index (χ1v) is 36.6. The number of carbonyl (C=O) groups is 5. The number of fused-ring (bicyclic) bond motifs is 7. The summed E-state index contributed by atoms with van der Waals surface area (Å²) < 4.78 is 30.6. The highest BCUT2D eigenvalue weighted by atomic mass is 16.6. The summed E-state index contributed by atoms with van der Waals surface area (Å²) in [5.74, 6) is -0.720. The number of carbonyl (C=O) groups excluding carboxylic acids is 5. The Hall–Kier alpha value is -8.93. The SMILES string of the molecule is CCC1=C[C@@H]2CN(CCc3c([nH]c4ccccc34)[C@@](C(=O)OC)(c3cc4c(cc3OC)N(C)[C@H]3[C@@](O)(CNC(=O)c5ccncc5)[C@H](OC(C)=O)[C@]5(CC)C=CCN6CC[C@]43C65)C2)C1.CC[C@]12C=CCN3CC[C@@]4(c5ccc(OC)cc5N(C)[C@H]4[C@@](O)(CNC(=O)c4ccncc4)[C@@H]1OC(C)=O)C32. The molecule has 2 aliphatic carbocycles. The zero-order valence-electron chi connectivity index (χ0n) is 60.7. The number of hydrogen-bond acceptors (Lipinski definition) is 19. The topological polar surface area (TPSA) is 254 Å². The lowest BCUT2D eigenvalue weighted by Gasteiger charge is -2.64. The molecule has 3 unspecified atom stereocenters. The van der Waals surface area contributed by atoms with Crippen molar-refractivity contribution in [1.82, 2.24) is 40.3 Å². The maximum atomic E-state index is 15.4.